The number of piperidine rings is 1. The number of aromatic nitrogens is 4. The minimum Gasteiger partial charge on any atom is -0.457 e. The van der Waals surface area contributed by atoms with Crippen molar-refractivity contribution >= 4 is 22.8 Å². The molecule has 1 unspecified atom stereocenters. The van der Waals surface area contributed by atoms with Gasteiger partial charge in [0.15, 0.2) is 5.65 Å². The summed E-state index contributed by atoms with van der Waals surface area (Å²) in [6.45, 7) is 5.59. The van der Waals surface area contributed by atoms with Crippen molar-refractivity contribution in [3.63, 3.8) is 0 Å². The molecule has 4 heterocycles. The topological polar surface area (TPSA) is 146 Å². The van der Waals surface area contributed by atoms with E-state index in [-0.39, 0.29) is 35.4 Å². The zero-order valence-electron chi connectivity index (χ0n) is 24.5. The third-order valence-electron chi connectivity index (χ3n) is 8.25. The van der Waals surface area contributed by atoms with E-state index in [2.05, 4.69) is 16.0 Å². The van der Waals surface area contributed by atoms with E-state index < -0.39 is 17.5 Å². The number of β-amino-alcohol motifs (C(OH)–C–C–N with tert-alkyl or cyclic N) is 1. The van der Waals surface area contributed by atoms with Crippen LogP contribution in [0.25, 0.3) is 22.3 Å². The quantitative estimate of drug-likeness (QED) is 0.238. The second-order valence-corrected chi connectivity index (χ2v) is 11.7. The average Bonchev–Trinajstić information content (AvgIpc) is 3.39. The van der Waals surface area contributed by atoms with Crippen LogP contribution in [0.4, 0.5) is 10.2 Å². The van der Waals surface area contributed by atoms with Crippen LogP contribution >= 0.6 is 0 Å². The van der Waals surface area contributed by atoms with Gasteiger partial charge in [-0.15, -0.1) is 0 Å². The number of nitriles is 1. The Morgan fingerprint density at radius 3 is 2.64 bits per heavy atom. The lowest BCUT2D eigenvalue weighted by Crippen LogP contribution is -2.59. The molecule has 1 atom stereocenters. The lowest BCUT2D eigenvalue weighted by atomic mass is 9.93. The second-order valence-electron chi connectivity index (χ2n) is 11.7. The summed E-state index contributed by atoms with van der Waals surface area (Å²) in [7, 11) is 0. The van der Waals surface area contributed by atoms with Crippen LogP contribution < -0.4 is 10.5 Å². The Morgan fingerprint density at radius 2 is 1.93 bits per heavy atom. The fourth-order valence-corrected chi connectivity index (χ4v) is 5.84. The van der Waals surface area contributed by atoms with Crippen molar-refractivity contribution in [1.82, 2.24) is 29.5 Å². The molecule has 2 saturated heterocycles. The Hall–Kier alpha value is -4.86. The van der Waals surface area contributed by atoms with Gasteiger partial charge in [0.2, 0.25) is 0 Å². The van der Waals surface area contributed by atoms with Gasteiger partial charge in [-0.25, -0.2) is 19.0 Å². The van der Waals surface area contributed by atoms with Crippen molar-refractivity contribution in [1.29, 1.82) is 5.26 Å². The molecule has 6 rings (SSSR count). The van der Waals surface area contributed by atoms with Gasteiger partial charge < -0.3 is 20.5 Å². The highest BCUT2D eigenvalue weighted by Crippen LogP contribution is 2.36. The van der Waals surface area contributed by atoms with Gasteiger partial charge in [-0.1, -0.05) is 18.2 Å². The molecule has 11 nitrogen and oxygen atoms in total. The zero-order valence-corrected chi connectivity index (χ0v) is 24.5. The Kier molecular flexibility index (Phi) is 7.75. The molecule has 0 radical (unpaired) electrons. The summed E-state index contributed by atoms with van der Waals surface area (Å²) in [6, 6.07) is 15.4. The maximum atomic E-state index is 15.6. The average molecular weight is 597 g/mol. The van der Waals surface area contributed by atoms with E-state index in [1.807, 2.05) is 36.9 Å². The number of fused-ring (bicyclic) bond motifs is 1. The smallest absolute Gasteiger partial charge is 0.264 e. The predicted molar refractivity (Wildman–Crippen MR) is 162 cm³/mol. The molecule has 0 aliphatic carbocycles. The summed E-state index contributed by atoms with van der Waals surface area (Å²) >= 11 is 0. The minimum absolute atomic E-state index is 0.0505. The third-order valence-corrected chi connectivity index (χ3v) is 8.25. The lowest BCUT2D eigenvalue weighted by molar-refractivity contribution is -0.128. The molecule has 44 heavy (non-hydrogen) atoms. The number of likely N-dealkylation sites (tertiary alicyclic amines) is 2. The summed E-state index contributed by atoms with van der Waals surface area (Å²) in [6.07, 6.45) is 3.98. The number of hydrogen-bond donors (Lipinski definition) is 2. The molecule has 1 amide bonds. The first-order valence-corrected chi connectivity index (χ1v) is 14.5. The molecule has 2 aliphatic rings. The molecule has 3 N–H and O–H groups in total. The molecule has 4 aromatic rings. The van der Waals surface area contributed by atoms with Crippen molar-refractivity contribution in [2.75, 3.05) is 31.9 Å². The molecule has 0 bridgehead atoms. The van der Waals surface area contributed by atoms with Crippen LogP contribution in [-0.4, -0.2) is 78.4 Å². The van der Waals surface area contributed by atoms with Crippen LogP contribution in [0, 0.1) is 17.1 Å². The molecule has 2 aliphatic heterocycles. The van der Waals surface area contributed by atoms with Crippen molar-refractivity contribution in [2.24, 2.45) is 0 Å². The van der Waals surface area contributed by atoms with Gasteiger partial charge in [0.05, 0.1) is 17.5 Å². The van der Waals surface area contributed by atoms with Crippen molar-refractivity contribution in [3.8, 4) is 28.8 Å². The van der Waals surface area contributed by atoms with Crippen LogP contribution in [0.2, 0.25) is 0 Å². The molecule has 0 saturated carbocycles. The van der Waals surface area contributed by atoms with E-state index in [4.69, 9.17) is 15.6 Å². The highest BCUT2D eigenvalue weighted by atomic mass is 19.1. The summed E-state index contributed by atoms with van der Waals surface area (Å²) in [5, 5.41) is 24.8. The lowest BCUT2D eigenvalue weighted by Gasteiger charge is -2.46. The van der Waals surface area contributed by atoms with E-state index in [0.717, 1.165) is 0 Å². The standard InChI is InChI=1S/C32H33FN8O3/c1-32(2,40-17-22(42)18-40)14-20(15-34)31(43)39-12-6-7-21(16-39)41-30-27(29(35)36-19-37-30)28(38-41)25-11-10-24(13-26(25)33)44-23-8-4-3-5-9-23/h3-5,8-11,13-14,19,21-22,42H,6-7,12,16-18H2,1-2H3,(H2,35,36,37)/b20-14-. The largest absolute Gasteiger partial charge is 0.457 e. The van der Waals surface area contributed by atoms with Crippen molar-refractivity contribution in [2.45, 2.75) is 44.4 Å². The highest BCUT2D eigenvalue weighted by Gasteiger charge is 2.37. The summed E-state index contributed by atoms with van der Waals surface area (Å²) in [5.41, 5.74) is 6.71. The van der Waals surface area contributed by atoms with Crippen LogP contribution in [0.1, 0.15) is 32.7 Å². The predicted octanol–water partition coefficient (Wildman–Crippen LogP) is 4.08. The van der Waals surface area contributed by atoms with Gasteiger partial charge in [0.1, 0.15) is 46.8 Å². The number of ether oxygens (including phenoxy) is 1. The number of nitrogens with two attached hydrogens (primary N) is 1. The number of aliphatic hydroxyl groups excluding tert-OH is 1. The molecular weight excluding hydrogens is 563 g/mol. The number of carbonyl (C=O) groups excluding carboxylic acids is 1. The Labute approximate surface area is 254 Å². The number of halogens is 1. The maximum absolute atomic E-state index is 15.6. The number of nitrogens with zero attached hydrogens (tertiary/aromatic N) is 7. The van der Waals surface area contributed by atoms with Gasteiger partial charge in [-0.3, -0.25) is 9.69 Å². The first-order valence-electron chi connectivity index (χ1n) is 14.5. The SMILES string of the molecule is CC(C)(/C=C(/C#N)C(=O)N1CCCC(n2nc(-c3ccc(Oc4ccccc4)cc3F)c3c(N)ncnc32)C1)N1CC(O)C1. The number of amides is 1. The number of aliphatic hydroxyl groups is 1. The maximum Gasteiger partial charge on any atom is 0.264 e. The fourth-order valence-electron chi connectivity index (χ4n) is 5.84. The summed E-state index contributed by atoms with van der Waals surface area (Å²) in [5.74, 6) is 0.173. The van der Waals surface area contributed by atoms with Crippen LogP contribution in [0.15, 0.2) is 66.5 Å². The molecule has 12 heteroatoms. The Bertz CT molecular complexity index is 1780. The molecule has 2 aromatic carbocycles. The van der Waals surface area contributed by atoms with Crippen molar-refractivity contribution in [3.05, 3.63) is 72.3 Å². The normalized spacial score (nSPS) is 18.2. The van der Waals surface area contributed by atoms with E-state index >= 15 is 4.39 Å². The minimum atomic E-state index is -0.567. The number of carbonyl (C=O) groups is 1. The summed E-state index contributed by atoms with van der Waals surface area (Å²) in [4.78, 5) is 25.8. The van der Waals surface area contributed by atoms with E-state index in [9.17, 15) is 15.2 Å². The Morgan fingerprint density at radius 1 is 1.16 bits per heavy atom. The number of anilines is 1. The highest BCUT2D eigenvalue weighted by molar-refractivity contribution is 5.99. The van der Waals surface area contributed by atoms with Crippen LogP contribution in [-0.2, 0) is 4.79 Å². The van der Waals surface area contributed by atoms with E-state index in [0.29, 0.717) is 60.7 Å². The molecular formula is C32H33FN8O3. The van der Waals surface area contributed by atoms with Gasteiger partial charge in [-0.05, 0) is 57.0 Å². The second kappa shape index (κ2) is 11.7. The number of rotatable bonds is 7. The molecule has 2 fully saturated rings. The third kappa shape index (κ3) is 5.59. The van der Waals surface area contributed by atoms with Gasteiger partial charge in [0, 0.05) is 43.3 Å². The fraction of sp³-hybridized carbons (Fsp3) is 0.344. The number of hydrogen-bond acceptors (Lipinski definition) is 9. The van der Waals surface area contributed by atoms with Crippen LogP contribution in [0.5, 0.6) is 11.5 Å². The Balaban J connectivity index is 1.29. The van der Waals surface area contributed by atoms with Gasteiger partial charge in [0.25, 0.3) is 5.91 Å². The number of nitrogen functional groups attached to an aromatic ring is 1. The van der Waals surface area contributed by atoms with E-state index in [1.165, 1.54) is 12.4 Å². The van der Waals surface area contributed by atoms with Gasteiger partial charge >= 0.3 is 0 Å². The zero-order chi connectivity index (χ0) is 31.0. The number of para-hydroxylation sites is 1. The summed E-state index contributed by atoms with van der Waals surface area (Å²) < 4.78 is 23.1. The van der Waals surface area contributed by atoms with E-state index in [1.54, 1.807) is 39.9 Å². The monoisotopic (exact) mass is 596 g/mol. The van der Waals surface area contributed by atoms with Crippen molar-refractivity contribution < 1.29 is 19.0 Å². The number of benzene rings is 2. The van der Waals surface area contributed by atoms with Crippen LogP contribution in [0.3, 0.4) is 0 Å². The first kappa shape index (κ1) is 29.2. The molecule has 226 valence electrons. The first-order chi connectivity index (χ1) is 21.1. The molecule has 0 spiro atoms. The van der Waals surface area contributed by atoms with Gasteiger partial charge in [-0.2, -0.15) is 10.4 Å². The molecule has 2 aromatic heterocycles.